The van der Waals surface area contributed by atoms with Crippen LogP contribution in [0.1, 0.15) is 237 Å². The Kier molecular flexibility index (Phi) is 55.7. The van der Waals surface area contributed by atoms with Gasteiger partial charge in [0.2, 0.25) is 0 Å². The highest BCUT2D eigenvalue weighted by molar-refractivity contribution is 6.61. The van der Waals surface area contributed by atoms with E-state index in [-0.39, 0.29) is 0 Å². The van der Waals surface area contributed by atoms with Gasteiger partial charge < -0.3 is 65.6 Å². The monoisotopic (exact) mass is 1070 g/mol. The van der Waals surface area contributed by atoms with Crippen molar-refractivity contribution >= 4 is 17.6 Å². The van der Waals surface area contributed by atoms with Crippen LogP contribution in [-0.2, 0) is 55.0 Å². The van der Waals surface area contributed by atoms with E-state index in [2.05, 4.69) is 10.6 Å². The first-order valence-electron chi connectivity index (χ1n) is 30.2. The molecule has 0 heterocycles. The van der Waals surface area contributed by atoms with Crippen molar-refractivity contribution in [3.8, 4) is 0 Å². The van der Waals surface area contributed by atoms with Crippen LogP contribution in [-0.4, -0.2) is 135 Å². The molecule has 16 heteroatoms. The summed E-state index contributed by atoms with van der Waals surface area (Å²) in [6.07, 6.45) is 29.9. The standard InChI is InChI=1S/C38H79NO6.C18H43NO6Si2/c1-7-40-37(41-8-2,42-9-3)33-29-25-21-17-13-15-19-23-27-31-35-39-36-32-28-24-20-16-14-18-22-26-30-34-38(43-10-4,44-11-5)45-12-6;1-7-20-26(21-8-2,22-9-3)17-13-15-19-16-14-18-27(23-10-4,24-11-5)25-12-6/h39H,7-36H2,1-6H3;19H,7-18H2,1-6H3. The molecular formula is C56H122N2O12Si2. The molecule has 0 saturated carbocycles. The lowest BCUT2D eigenvalue weighted by atomic mass is 10.0. The van der Waals surface area contributed by atoms with Crippen molar-refractivity contribution in [3.63, 3.8) is 0 Å². The van der Waals surface area contributed by atoms with Gasteiger partial charge in [-0.05, 0) is 148 Å². The zero-order valence-electron chi connectivity index (χ0n) is 49.6. The molecule has 0 aromatic heterocycles. The quantitative estimate of drug-likeness (QED) is 0.0340. The van der Waals surface area contributed by atoms with Gasteiger partial charge in [-0.1, -0.05) is 103 Å². The number of hydrogen-bond donors (Lipinski definition) is 2. The molecule has 0 spiro atoms. The summed E-state index contributed by atoms with van der Waals surface area (Å²) in [6.45, 7) is 35.6. The number of nitrogens with one attached hydrogen (secondary N) is 2. The van der Waals surface area contributed by atoms with Gasteiger partial charge in [0.25, 0.3) is 11.9 Å². The molecule has 0 fully saturated rings. The van der Waals surface area contributed by atoms with E-state index in [1.807, 2.05) is 83.1 Å². The topological polar surface area (TPSA) is 135 Å². The van der Waals surface area contributed by atoms with E-state index in [0.717, 1.165) is 63.7 Å². The van der Waals surface area contributed by atoms with E-state index in [0.29, 0.717) is 79.3 Å². The first-order chi connectivity index (χ1) is 35.1. The predicted molar refractivity (Wildman–Crippen MR) is 303 cm³/mol. The average molecular weight is 1070 g/mol. The first kappa shape index (κ1) is 73.9. The van der Waals surface area contributed by atoms with Gasteiger partial charge in [0, 0.05) is 104 Å². The Morgan fingerprint density at radius 2 is 0.431 bits per heavy atom. The van der Waals surface area contributed by atoms with Crippen molar-refractivity contribution < 1.29 is 55.0 Å². The summed E-state index contributed by atoms with van der Waals surface area (Å²) in [7, 11) is -5.04. The van der Waals surface area contributed by atoms with Gasteiger partial charge in [0.1, 0.15) is 0 Å². The Morgan fingerprint density at radius 1 is 0.236 bits per heavy atom. The third kappa shape index (κ3) is 41.0. The lowest BCUT2D eigenvalue weighted by Crippen LogP contribution is -2.46. The highest BCUT2D eigenvalue weighted by Crippen LogP contribution is 2.26. The SMILES string of the molecule is CCOC(CCCCCCCCCCCCNCCCCCCCCCCCCC(OCC)(OCC)OCC)(OCC)OCC.CCO[Si](CCCNCCC[Si](OCC)(OCC)OCC)(OCC)OCC. The van der Waals surface area contributed by atoms with Crippen LogP contribution in [0.4, 0.5) is 0 Å². The molecule has 0 aromatic rings. The van der Waals surface area contributed by atoms with E-state index < -0.39 is 29.6 Å². The molecular weight excluding hydrogens is 949 g/mol. The van der Waals surface area contributed by atoms with E-state index in [9.17, 15) is 0 Å². The van der Waals surface area contributed by atoms with Gasteiger partial charge in [-0.3, -0.25) is 0 Å². The zero-order valence-corrected chi connectivity index (χ0v) is 51.6. The summed E-state index contributed by atoms with van der Waals surface area (Å²) >= 11 is 0. The van der Waals surface area contributed by atoms with Crippen LogP contribution in [0, 0.1) is 0 Å². The lowest BCUT2D eigenvalue weighted by Gasteiger charge is -2.32. The Morgan fingerprint density at radius 3 is 0.639 bits per heavy atom. The minimum absolute atomic E-state index is 0.613. The number of unbranched alkanes of at least 4 members (excludes halogenated alkanes) is 18. The highest BCUT2D eigenvalue weighted by atomic mass is 28.4. The lowest BCUT2D eigenvalue weighted by molar-refractivity contribution is -0.380. The van der Waals surface area contributed by atoms with Gasteiger partial charge in [-0.15, -0.1) is 0 Å². The summed E-state index contributed by atoms with van der Waals surface area (Å²) in [5.74, 6) is -1.66. The van der Waals surface area contributed by atoms with Gasteiger partial charge >= 0.3 is 17.6 Å². The van der Waals surface area contributed by atoms with Gasteiger partial charge in [0.05, 0.1) is 0 Å². The van der Waals surface area contributed by atoms with Gasteiger partial charge in [-0.2, -0.15) is 0 Å². The molecule has 0 saturated heterocycles. The summed E-state index contributed by atoms with van der Waals surface area (Å²) in [5.41, 5.74) is 0. The molecule has 2 N–H and O–H groups in total. The Hall–Kier alpha value is -0.126. The van der Waals surface area contributed by atoms with Crippen LogP contribution in [0.3, 0.4) is 0 Å². The van der Waals surface area contributed by atoms with Crippen molar-refractivity contribution in [2.24, 2.45) is 0 Å². The largest absolute Gasteiger partial charge is 0.500 e. The van der Waals surface area contributed by atoms with Gasteiger partial charge in [-0.25, -0.2) is 0 Å². The van der Waals surface area contributed by atoms with Crippen molar-refractivity contribution in [2.75, 3.05) is 105 Å². The summed E-state index contributed by atoms with van der Waals surface area (Å²) < 4.78 is 70.3. The molecule has 0 aliphatic carbocycles. The number of rotatable bonds is 58. The number of ether oxygens (including phenoxy) is 6. The minimum atomic E-state index is -2.52. The van der Waals surface area contributed by atoms with Crippen LogP contribution in [0.2, 0.25) is 12.1 Å². The second kappa shape index (κ2) is 54.2. The third-order valence-corrected chi connectivity index (χ3v) is 18.5. The van der Waals surface area contributed by atoms with Crippen LogP contribution in [0.15, 0.2) is 0 Å². The zero-order chi connectivity index (χ0) is 53.6. The van der Waals surface area contributed by atoms with Crippen molar-refractivity contribution in [3.05, 3.63) is 0 Å². The van der Waals surface area contributed by atoms with Crippen LogP contribution in [0.5, 0.6) is 0 Å². The van der Waals surface area contributed by atoms with Crippen molar-refractivity contribution in [1.29, 1.82) is 0 Å². The number of hydrogen-bond acceptors (Lipinski definition) is 14. The molecule has 0 aliphatic rings. The molecule has 436 valence electrons. The molecule has 0 unspecified atom stereocenters. The Bertz CT molecular complexity index is 929. The third-order valence-electron chi connectivity index (χ3n) is 12.2. The molecule has 0 bridgehead atoms. The fourth-order valence-corrected chi connectivity index (χ4v) is 14.4. The molecule has 0 atom stereocenters. The highest BCUT2D eigenvalue weighted by Gasteiger charge is 2.41. The smallest absolute Gasteiger partial charge is 0.374 e. The van der Waals surface area contributed by atoms with E-state index >= 15 is 0 Å². The van der Waals surface area contributed by atoms with Crippen LogP contribution in [0.25, 0.3) is 0 Å². The molecule has 0 aromatic carbocycles. The van der Waals surface area contributed by atoms with E-state index in [4.69, 9.17) is 55.0 Å². The molecule has 0 amide bonds. The normalized spacial score (nSPS) is 12.5. The molecule has 72 heavy (non-hydrogen) atoms. The maximum atomic E-state index is 5.89. The fraction of sp³-hybridized carbons (Fsp3) is 1.00. The minimum Gasteiger partial charge on any atom is -0.374 e. The second-order valence-electron chi connectivity index (χ2n) is 18.2. The fourth-order valence-electron chi connectivity index (χ4n) is 9.13. The molecule has 0 rings (SSSR count). The van der Waals surface area contributed by atoms with E-state index in [1.54, 1.807) is 0 Å². The van der Waals surface area contributed by atoms with E-state index in [1.165, 1.54) is 129 Å². The van der Waals surface area contributed by atoms with Crippen molar-refractivity contribution in [2.45, 2.75) is 261 Å². The van der Waals surface area contributed by atoms with Crippen molar-refractivity contribution in [1.82, 2.24) is 10.6 Å². The second-order valence-corrected chi connectivity index (χ2v) is 23.7. The predicted octanol–water partition coefficient (Wildman–Crippen LogP) is 14.1. The summed E-state index contributed by atoms with van der Waals surface area (Å²) in [4.78, 5) is 0. The van der Waals surface area contributed by atoms with Crippen LogP contribution < -0.4 is 10.6 Å². The Balaban J connectivity index is 0. The van der Waals surface area contributed by atoms with Gasteiger partial charge in [0.15, 0.2) is 0 Å². The Labute approximate surface area is 448 Å². The van der Waals surface area contributed by atoms with Crippen LogP contribution >= 0.6 is 0 Å². The maximum absolute atomic E-state index is 5.89. The molecule has 0 aliphatic heterocycles. The summed E-state index contributed by atoms with van der Waals surface area (Å²) in [6, 6.07) is 1.68. The maximum Gasteiger partial charge on any atom is 0.500 e. The first-order valence-corrected chi connectivity index (χ1v) is 34.1. The summed E-state index contributed by atoms with van der Waals surface area (Å²) in [5, 5.41) is 7.16. The molecule has 14 nitrogen and oxygen atoms in total. The average Bonchev–Trinajstić information content (AvgIpc) is 3.35. The molecule has 0 radical (unpaired) electrons.